The first-order valence-electron chi connectivity index (χ1n) is 11.9. The number of pyridine rings is 1. The number of aromatic nitrogens is 3. The Balaban J connectivity index is 1.62. The number of rotatable bonds is 7. The highest BCUT2D eigenvalue weighted by atomic mass is 16.5. The van der Waals surface area contributed by atoms with Crippen LogP contribution in [0.4, 0.5) is 11.4 Å². The Labute approximate surface area is 204 Å². The largest absolute Gasteiger partial charge is 0.508 e. The van der Waals surface area contributed by atoms with E-state index in [-0.39, 0.29) is 5.75 Å². The van der Waals surface area contributed by atoms with E-state index in [4.69, 9.17) is 15.5 Å². The molecule has 8 nitrogen and oxygen atoms in total. The lowest BCUT2D eigenvalue weighted by atomic mass is 9.92. The number of aliphatic imine (C=N–C) groups is 1. The Morgan fingerprint density at radius 3 is 2.77 bits per heavy atom. The number of methoxy groups -OCH3 is 1. The monoisotopic (exact) mass is 470 g/mol. The summed E-state index contributed by atoms with van der Waals surface area (Å²) in [6, 6.07) is 9.59. The molecule has 0 amide bonds. The van der Waals surface area contributed by atoms with E-state index in [1.807, 2.05) is 36.8 Å². The summed E-state index contributed by atoms with van der Waals surface area (Å²) < 4.78 is 7.13. The summed E-state index contributed by atoms with van der Waals surface area (Å²) in [5.41, 5.74) is 14.0. The SMILES string of the molecule is CCc1cc(O)ccc1N=C(N)c1cnn2cc(-c3cnc(OC)cc3C)cc2c1NC1CCC1. The van der Waals surface area contributed by atoms with Gasteiger partial charge in [-0.1, -0.05) is 6.92 Å². The molecule has 1 fully saturated rings. The number of phenolic OH excluding ortho intramolecular Hbond substituents is 1. The molecular weight excluding hydrogens is 440 g/mol. The van der Waals surface area contributed by atoms with Gasteiger partial charge in [0.1, 0.15) is 11.6 Å². The number of aryl methyl sites for hydroxylation is 2. The summed E-state index contributed by atoms with van der Waals surface area (Å²) in [6.45, 7) is 4.07. The van der Waals surface area contributed by atoms with E-state index in [0.29, 0.717) is 17.8 Å². The van der Waals surface area contributed by atoms with Crippen LogP contribution in [0.5, 0.6) is 11.6 Å². The standard InChI is InChI=1S/C27H30N6O2/c1-4-17-11-20(34)8-9-23(17)32-27(28)22-14-30-33-15-18(21-13-29-25(35-3)10-16(21)2)12-24(33)26(22)31-19-6-5-7-19/h8-15,19,31,34H,4-7H2,1-3H3,(H2,28,32). The molecule has 0 spiro atoms. The fourth-order valence-corrected chi connectivity index (χ4v) is 4.40. The number of ether oxygens (including phenoxy) is 1. The molecule has 35 heavy (non-hydrogen) atoms. The molecule has 180 valence electrons. The highest BCUT2D eigenvalue weighted by Crippen LogP contribution is 2.34. The van der Waals surface area contributed by atoms with Gasteiger partial charge in [-0.05, 0) is 68.0 Å². The fourth-order valence-electron chi connectivity index (χ4n) is 4.40. The molecule has 0 bridgehead atoms. The maximum absolute atomic E-state index is 9.85. The first kappa shape index (κ1) is 22.7. The number of amidine groups is 1. The van der Waals surface area contributed by atoms with Gasteiger partial charge in [-0.25, -0.2) is 14.5 Å². The lowest BCUT2D eigenvalue weighted by Gasteiger charge is -2.28. The van der Waals surface area contributed by atoms with Crippen LogP contribution in [0, 0.1) is 6.92 Å². The van der Waals surface area contributed by atoms with E-state index in [1.54, 1.807) is 31.5 Å². The molecule has 3 aromatic heterocycles. The van der Waals surface area contributed by atoms with Crippen molar-refractivity contribution in [3.8, 4) is 22.8 Å². The van der Waals surface area contributed by atoms with Crippen molar-refractivity contribution in [3.05, 3.63) is 65.6 Å². The highest BCUT2D eigenvalue weighted by molar-refractivity contribution is 6.06. The molecule has 0 atom stereocenters. The molecule has 1 saturated carbocycles. The quantitative estimate of drug-likeness (QED) is 0.259. The number of aromatic hydroxyl groups is 1. The fraction of sp³-hybridized carbons (Fsp3) is 0.296. The predicted molar refractivity (Wildman–Crippen MR) is 139 cm³/mol. The zero-order chi connectivity index (χ0) is 24.5. The van der Waals surface area contributed by atoms with Crippen molar-refractivity contribution in [2.75, 3.05) is 12.4 Å². The number of nitrogens with two attached hydrogens (primary N) is 1. The normalized spacial score (nSPS) is 14.2. The number of benzene rings is 1. The summed E-state index contributed by atoms with van der Waals surface area (Å²) in [4.78, 5) is 9.12. The highest BCUT2D eigenvalue weighted by Gasteiger charge is 2.22. The minimum Gasteiger partial charge on any atom is -0.508 e. The predicted octanol–water partition coefficient (Wildman–Crippen LogP) is 4.98. The molecule has 0 radical (unpaired) electrons. The van der Waals surface area contributed by atoms with Gasteiger partial charge >= 0.3 is 0 Å². The first-order chi connectivity index (χ1) is 17.0. The van der Waals surface area contributed by atoms with Crippen LogP contribution >= 0.6 is 0 Å². The van der Waals surface area contributed by atoms with E-state index in [2.05, 4.69) is 21.5 Å². The Morgan fingerprint density at radius 2 is 2.09 bits per heavy atom. The van der Waals surface area contributed by atoms with Crippen LogP contribution in [0.3, 0.4) is 0 Å². The third-order valence-electron chi connectivity index (χ3n) is 6.66. The van der Waals surface area contributed by atoms with Gasteiger partial charge in [-0.2, -0.15) is 5.10 Å². The lowest BCUT2D eigenvalue weighted by Crippen LogP contribution is -2.29. The number of phenols is 1. The summed E-state index contributed by atoms with van der Waals surface area (Å²) in [5, 5.41) is 18.2. The minimum absolute atomic E-state index is 0.221. The summed E-state index contributed by atoms with van der Waals surface area (Å²) in [5.74, 6) is 1.19. The van der Waals surface area contributed by atoms with Crippen LogP contribution in [0.2, 0.25) is 0 Å². The van der Waals surface area contributed by atoms with E-state index in [0.717, 1.165) is 64.0 Å². The molecule has 0 saturated heterocycles. The van der Waals surface area contributed by atoms with Gasteiger partial charge in [-0.15, -0.1) is 0 Å². The molecule has 1 aliphatic rings. The van der Waals surface area contributed by atoms with Gasteiger partial charge in [0.05, 0.1) is 35.8 Å². The van der Waals surface area contributed by atoms with Crippen LogP contribution in [0.1, 0.15) is 42.9 Å². The number of anilines is 1. The Kier molecular flexibility index (Phi) is 6.03. The number of nitrogens with zero attached hydrogens (tertiary/aromatic N) is 4. The molecule has 4 N–H and O–H groups in total. The molecular formula is C27H30N6O2. The summed E-state index contributed by atoms with van der Waals surface area (Å²) in [7, 11) is 1.62. The number of hydrogen-bond acceptors (Lipinski definition) is 6. The second-order valence-electron chi connectivity index (χ2n) is 8.97. The van der Waals surface area contributed by atoms with E-state index in [1.165, 1.54) is 6.42 Å². The maximum Gasteiger partial charge on any atom is 0.213 e. The Bertz CT molecular complexity index is 1420. The van der Waals surface area contributed by atoms with Crippen molar-refractivity contribution < 1.29 is 9.84 Å². The summed E-state index contributed by atoms with van der Waals surface area (Å²) >= 11 is 0. The number of fused-ring (bicyclic) bond motifs is 1. The van der Waals surface area contributed by atoms with E-state index >= 15 is 0 Å². The van der Waals surface area contributed by atoms with Gasteiger partial charge in [0.2, 0.25) is 5.88 Å². The minimum atomic E-state index is 0.221. The number of hydrogen-bond donors (Lipinski definition) is 3. The van der Waals surface area contributed by atoms with Crippen LogP contribution in [-0.4, -0.2) is 38.7 Å². The van der Waals surface area contributed by atoms with Crippen molar-refractivity contribution in [2.45, 2.75) is 45.6 Å². The molecule has 5 rings (SSSR count). The smallest absolute Gasteiger partial charge is 0.213 e. The van der Waals surface area contributed by atoms with Crippen molar-refractivity contribution in [1.29, 1.82) is 0 Å². The van der Waals surface area contributed by atoms with Gasteiger partial charge in [-0.3, -0.25) is 0 Å². The zero-order valence-electron chi connectivity index (χ0n) is 20.2. The van der Waals surface area contributed by atoms with Crippen molar-refractivity contribution in [1.82, 2.24) is 14.6 Å². The van der Waals surface area contributed by atoms with Gasteiger partial charge in [0.25, 0.3) is 0 Å². The molecule has 8 heteroatoms. The molecule has 0 unspecified atom stereocenters. The van der Waals surface area contributed by atoms with Gasteiger partial charge in [0, 0.05) is 35.6 Å². The van der Waals surface area contributed by atoms with Gasteiger partial charge < -0.3 is 20.9 Å². The average molecular weight is 471 g/mol. The average Bonchev–Trinajstić information content (AvgIpc) is 3.26. The first-order valence-corrected chi connectivity index (χ1v) is 11.9. The number of nitrogens with one attached hydrogen (secondary N) is 1. The van der Waals surface area contributed by atoms with Crippen LogP contribution < -0.4 is 15.8 Å². The second-order valence-corrected chi connectivity index (χ2v) is 8.97. The zero-order valence-corrected chi connectivity index (χ0v) is 20.2. The lowest BCUT2D eigenvalue weighted by molar-refractivity contribution is 0.397. The van der Waals surface area contributed by atoms with Crippen molar-refractivity contribution in [2.24, 2.45) is 10.7 Å². The van der Waals surface area contributed by atoms with Crippen LogP contribution in [0.15, 0.2) is 53.9 Å². The Hall–Kier alpha value is -4.07. The molecule has 0 aliphatic heterocycles. The van der Waals surface area contributed by atoms with Gasteiger partial charge in [0.15, 0.2) is 0 Å². The van der Waals surface area contributed by atoms with E-state index in [9.17, 15) is 5.11 Å². The second kappa shape index (κ2) is 9.29. The van der Waals surface area contributed by atoms with Crippen LogP contribution in [0.25, 0.3) is 16.6 Å². The summed E-state index contributed by atoms with van der Waals surface area (Å²) in [6.07, 6.45) is 9.80. The van der Waals surface area contributed by atoms with E-state index < -0.39 is 0 Å². The molecule has 1 aromatic carbocycles. The van der Waals surface area contributed by atoms with Crippen molar-refractivity contribution in [3.63, 3.8) is 0 Å². The topological polar surface area (TPSA) is 110 Å². The Morgan fingerprint density at radius 1 is 1.26 bits per heavy atom. The van der Waals surface area contributed by atoms with Crippen molar-refractivity contribution >= 4 is 22.7 Å². The van der Waals surface area contributed by atoms with Crippen LogP contribution in [-0.2, 0) is 6.42 Å². The maximum atomic E-state index is 9.85. The third-order valence-corrected chi connectivity index (χ3v) is 6.66. The molecule has 4 aromatic rings. The third kappa shape index (κ3) is 4.39. The molecule has 3 heterocycles. The molecule has 1 aliphatic carbocycles.